The van der Waals surface area contributed by atoms with E-state index in [9.17, 15) is 5.11 Å². The zero-order valence-electron chi connectivity index (χ0n) is 17.7. The number of piperidine rings is 1. The molecule has 1 aliphatic rings. The van der Waals surface area contributed by atoms with Gasteiger partial charge in [0.2, 0.25) is 0 Å². The molecule has 0 aromatic heterocycles. The molecule has 1 aromatic carbocycles. The molecule has 1 saturated heterocycles. The molecule has 1 heterocycles. The second-order valence-corrected chi connectivity index (χ2v) is 7.26. The van der Waals surface area contributed by atoms with Crippen molar-refractivity contribution in [2.45, 2.75) is 58.1 Å². The molecule has 1 unspecified atom stereocenters. The fourth-order valence-corrected chi connectivity index (χ4v) is 3.35. The van der Waals surface area contributed by atoms with Crippen molar-refractivity contribution in [2.75, 3.05) is 38.2 Å². The first-order valence-electron chi connectivity index (χ1n) is 10.2. The minimum atomic E-state index is -0.721. The van der Waals surface area contributed by atoms with Gasteiger partial charge in [-0.15, -0.1) is 24.0 Å². The maximum absolute atomic E-state index is 10.5. The topological polar surface area (TPSA) is 69.1 Å². The number of nitrogens with one attached hydrogen (secondary N) is 2. The summed E-state index contributed by atoms with van der Waals surface area (Å²) in [5.41, 5.74) is 0.468. The summed E-state index contributed by atoms with van der Waals surface area (Å²) in [6, 6.07) is 8.55. The molecule has 3 N–H and O–H groups in total. The van der Waals surface area contributed by atoms with E-state index in [-0.39, 0.29) is 24.0 Å². The third-order valence-electron chi connectivity index (χ3n) is 5.37. The number of hydrogen-bond donors (Lipinski definition) is 3. The Labute approximate surface area is 187 Å². The van der Waals surface area contributed by atoms with Crippen LogP contribution in [0.5, 0.6) is 5.75 Å². The van der Waals surface area contributed by atoms with Crippen molar-refractivity contribution in [3.63, 3.8) is 0 Å². The normalized spacial score (nSPS) is 17.7. The monoisotopic (exact) mass is 504 g/mol. The van der Waals surface area contributed by atoms with Gasteiger partial charge in [0.05, 0.1) is 19.3 Å². The van der Waals surface area contributed by atoms with Crippen LogP contribution >= 0.6 is 24.0 Å². The van der Waals surface area contributed by atoms with Crippen LogP contribution in [0.1, 0.15) is 46.5 Å². The van der Waals surface area contributed by atoms with Crippen molar-refractivity contribution in [1.29, 1.82) is 0 Å². The molecule has 160 valence electrons. The van der Waals surface area contributed by atoms with Gasteiger partial charge >= 0.3 is 0 Å². The molecule has 0 spiro atoms. The molecular formula is C21H37IN4O2. The summed E-state index contributed by atoms with van der Waals surface area (Å²) in [5, 5.41) is 17.4. The highest BCUT2D eigenvalue weighted by Gasteiger charge is 2.24. The molecule has 2 rings (SSSR count). The van der Waals surface area contributed by atoms with Gasteiger partial charge in [-0.2, -0.15) is 0 Å². The lowest BCUT2D eigenvalue weighted by atomic mass is 9.98. The van der Waals surface area contributed by atoms with Gasteiger partial charge in [0.1, 0.15) is 5.75 Å². The van der Waals surface area contributed by atoms with Crippen LogP contribution in [0.15, 0.2) is 29.3 Å². The SMILES string of the molecule is CCNC(=NCC(O)(CC)CC)NC1CCCN(c2cccc(OC)c2)C1.I. The van der Waals surface area contributed by atoms with Gasteiger partial charge in [0.15, 0.2) is 5.96 Å². The molecular weight excluding hydrogens is 467 g/mol. The van der Waals surface area contributed by atoms with Crippen LogP contribution in [-0.4, -0.2) is 56.0 Å². The number of nitrogens with zero attached hydrogens (tertiary/aromatic N) is 2. The van der Waals surface area contributed by atoms with E-state index in [2.05, 4.69) is 39.6 Å². The van der Waals surface area contributed by atoms with E-state index in [4.69, 9.17) is 4.74 Å². The Kier molecular flexibility index (Phi) is 11.0. The summed E-state index contributed by atoms with van der Waals surface area (Å²) in [6.07, 6.45) is 3.65. The van der Waals surface area contributed by atoms with E-state index in [1.165, 1.54) is 5.69 Å². The van der Waals surface area contributed by atoms with E-state index >= 15 is 0 Å². The highest BCUT2D eigenvalue weighted by atomic mass is 127. The smallest absolute Gasteiger partial charge is 0.191 e. The van der Waals surface area contributed by atoms with Gasteiger partial charge in [-0.05, 0) is 44.7 Å². The van der Waals surface area contributed by atoms with Crippen molar-refractivity contribution < 1.29 is 9.84 Å². The van der Waals surface area contributed by atoms with E-state index < -0.39 is 5.60 Å². The largest absolute Gasteiger partial charge is 0.497 e. The number of halogens is 1. The Morgan fingerprint density at radius 2 is 2.07 bits per heavy atom. The summed E-state index contributed by atoms with van der Waals surface area (Å²) >= 11 is 0. The summed E-state index contributed by atoms with van der Waals surface area (Å²) in [5.74, 6) is 1.67. The average Bonchev–Trinajstić information content (AvgIpc) is 2.72. The average molecular weight is 504 g/mol. The van der Waals surface area contributed by atoms with E-state index in [0.29, 0.717) is 25.4 Å². The maximum Gasteiger partial charge on any atom is 0.191 e. The van der Waals surface area contributed by atoms with Crippen LogP contribution in [0.2, 0.25) is 0 Å². The van der Waals surface area contributed by atoms with Crippen molar-refractivity contribution in [1.82, 2.24) is 10.6 Å². The minimum absolute atomic E-state index is 0. The van der Waals surface area contributed by atoms with Gasteiger partial charge in [-0.3, -0.25) is 4.99 Å². The molecule has 28 heavy (non-hydrogen) atoms. The Morgan fingerprint density at radius 1 is 1.32 bits per heavy atom. The molecule has 1 fully saturated rings. The lowest BCUT2D eigenvalue weighted by molar-refractivity contribution is 0.0417. The number of methoxy groups -OCH3 is 1. The highest BCUT2D eigenvalue weighted by molar-refractivity contribution is 14.0. The van der Waals surface area contributed by atoms with Crippen LogP contribution in [0.3, 0.4) is 0 Å². The molecule has 1 atom stereocenters. The van der Waals surface area contributed by atoms with Crippen molar-refractivity contribution in [2.24, 2.45) is 4.99 Å². The lowest BCUT2D eigenvalue weighted by Crippen LogP contribution is -2.51. The first-order chi connectivity index (χ1) is 13.0. The molecule has 0 bridgehead atoms. The minimum Gasteiger partial charge on any atom is -0.497 e. The van der Waals surface area contributed by atoms with Crippen molar-refractivity contribution in [3.8, 4) is 5.75 Å². The van der Waals surface area contributed by atoms with Crippen LogP contribution in [-0.2, 0) is 0 Å². The number of aliphatic hydroxyl groups is 1. The second kappa shape index (κ2) is 12.4. The fraction of sp³-hybridized carbons (Fsp3) is 0.667. The molecule has 0 radical (unpaired) electrons. The standard InChI is InChI=1S/C21H36N4O2.HI/c1-5-21(26,6-2)16-23-20(22-7-3)24-17-10-9-13-25(15-17)18-11-8-12-19(14-18)27-4;/h8,11-12,14,17,26H,5-7,9-10,13,15-16H2,1-4H3,(H2,22,23,24);1H. The van der Waals surface area contributed by atoms with E-state index in [1.54, 1.807) is 7.11 Å². The number of guanidine groups is 1. The number of ether oxygens (including phenoxy) is 1. The Balaban J connectivity index is 0.00000392. The molecule has 1 aromatic rings. The fourth-order valence-electron chi connectivity index (χ4n) is 3.35. The third-order valence-corrected chi connectivity index (χ3v) is 5.37. The Morgan fingerprint density at radius 3 is 2.71 bits per heavy atom. The Bertz CT molecular complexity index is 608. The van der Waals surface area contributed by atoms with E-state index in [0.717, 1.165) is 44.2 Å². The molecule has 0 saturated carbocycles. The van der Waals surface area contributed by atoms with Gasteiger partial charge in [-0.1, -0.05) is 19.9 Å². The first-order valence-corrected chi connectivity index (χ1v) is 10.2. The summed E-state index contributed by atoms with van der Waals surface area (Å²) in [6.45, 7) is 9.26. The lowest BCUT2D eigenvalue weighted by Gasteiger charge is -2.35. The van der Waals surface area contributed by atoms with Gasteiger partial charge in [-0.25, -0.2) is 0 Å². The van der Waals surface area contributed by atoms with Gasteiger partial charge in [0, 0.05) is 37.4 Å². The van der Waals surface area contributed by atoms with Crippen LogP contribution in [0.4, 0.5) is 5.69 Å². The van der Waals surface area contributed by atoms with Crippen LogP contribution < -0.4 is 20.3 Å². The summed E-state index contributed by atoms with van der Waals surface area (Å²) < 4.78 is 5.36. The maximum atomic E-state index is 10.5. The predicted octanol–water partition coefficient (Wildman–Crippen LogP) is 3.39. The molecule has 6 nitrogen and oxygen atoms in total. The quantitative estimate of drug-likeness (QED) is 0.288. The number of hydrogen-bond acceptors (Lipinski definition) is 4. The zero-order chi connectivity index (χ0) is 19.7. The highest BCUT2D eigenvalue weighted by Crippen LogP contribution is 2.24. The van der Waals surface area contributed by atoms with Crippen LogP contribution in [0.25, 0.3) is 0 Å². The van der Waals surface area contributed by atoms with Gasteiger partial charge < -0.3 is 25.4 Å². The molecule has 1 aliphatic heterocycles. The number of rotatable bonds is 8. The first kappa shape index (κ1) is 24.8. The predicted molar refractivity (Wildman–Crippen MR) is 128 cm³/mol. The van der Waals surface area contributed by atoms with Crippen molar-refractivity contribution in [3.05, 3.63) is 24.3 Å². The van der Waals surface area contributed by atoms with Gasteiger partial charge in [0.25, 0.3) is 0 Å². The molecule has 0 amide bonds. The van der Waals surface area contributed by atoms with Crippen LogP contribution in [0, 0.1) is 0 Å². The molecule has 7 heteroatoms. The summed E-state index contributed by atoms with van der Waals surface area (Å²) in [7, 11) is 1.70. The number of benzene rings is 1. The second-order valence-electron chi connectivity index (χ2n) is 7.26. The zero-order valence-corrected chi connectivity index (χ0v) is 20.0. The molecule has 0 aliphatic carbocycles. The third kappa shape index (κ3) is 7.31. The number of aliphatic imine (C=N–C) groups is 1. The van der Waals surface area contributed by atoms with E-state index in [1.807, 2.05) is 26.0 Å². The number of anilines is 1. The summed E-state index contributed by atoms with van der Waals surface area (Å²) in [4.78, 5) is 7.04. The van der Waals surface area contributed by atoms with Crippen molar-refractivity contribution >= 4 is 35.6 Å². The Hall–Kier alpha value is -1.22.